The van der Waals surface area contributed by atoms with E-state index in [1.807, 2.05) is 6.92 Å². The van der Waals surface area contributed by atoms with Crippen LogP contribution in [0.5, 0.6) is 0 Å². The van der Waals surface area contributed by atoms with E-state index in [9.17, 15) is 9.59 Å². The van der Waals surface area contributed by atoms with E-state index in [4.69, 9.17) is 9.47 Å². The number of carbonyl (C=O) groups is 2. The molecule has 4 heteroatoms. The lowest BCUT2D eigenvalue weighted by atomic mass is 10.2. The van der Waals surface area contributed by atoms with Crippen LogP contribution in [0.2, 0.25) is 0 Å². The maximum atomic E-state index is 10.6. The summed E-state index contributed by atoms with van der Waals surface area (Å²) in [6.07, 6.45) is 1.45. The molecule has 0 bridgehead atoms. The lowest BCUT2D eigenvalue weighted by molar-refractivity contribution is -0.144. The van der Waals surface area contributed by atoms with Crippen molar-refractivity contribution in [1.82, 2.24) is 0 Å². The first-order valence-electron chi connectivity index (χ1n) is 4.39. The van der Waals surface area contributed by atoms with E-state index in [0.717, 1.165) is 5.57 Å². The van der Waals surface area contributed by atoms with Gasteiger partial charge in [0.15, 0.2) is 0 Å². The van der Waals surface area contributed by atoms with Gasteiger partial charge in [-0.3, -0.25) is 9.59 Å². The molecule has 0 aliphatic rings. The summed E-state index contributed by atoms with van der Waals surface area (Å²) in [5.41, 5.74) is 0.856. The van der Waals surface area contributed by atoms with Crippen LogP contribution in [0.1, 0.15) is 27.7 Å². The molecule has 0 N–H and O–H groups in total. The zero-order valence-corrected chi connectivity index (χ0v) is 8.99. The van der Waals surface area contributed by atoms with Gasteiger partial charge in [-0.15, -0.1) is 0 Å². The summed E-state index contributed by atoms with van der Waals surface area (Å²) in [6.45, 7) is 6.50. The van der Waals surface area contributed by atoms with Crippen molar-refractivity contribution in [3.63, 3.8) is 0 Å². The van der Waals surface area contributed by atoms with Crippen LogP contribution in [0, 0.1) is 0 Å². The molecule has 0 aromatic rings. The van der Waals surface area contributed by atoms with E-state index in [2.05, 4.69) is 0 Å². The topological polar surface area (TPSA) is 52.6 Å². The molecule has 0 rings (SSSR count). The molecule has 0 spiro atoms. The summed E-state index contributed by atoms with van der Waals surface area (Å²) < 4.78 is 9.63. The average Bonchev–Trinajstić information content (AvgIpc) is 1.98. The van der Waals surface area contributed by atoms with Gasteiger partial charge in [-0.05, 0) is 25.5 Å². The Morgan fingerprint density at radius 1 is 1.21 bits per heavy atom. The largest absolute Gasteiger partial charge is 0.461 e. The van der Waals surface area contributed by atoms with E-state index in [0.29, 0.717) is 0 Å². The molecule has 0 aliphatic heterocycles. The minimum absolute atomic E-state index is 0.237. The van der Waals surface area contributed by atoms with Gasteiger partial charge in [0.2, 0.25) is 0 Å². The smallest absolute Gasteiger partial charge is 0.303 e. The molecule has 1 unspecified atom stereocenters. The average molecular weight is 200 g/mol. The van der Waals surface area contributed by atoms with E-state index in [1.54, 1.807) is 13.0 Å². The number of carbonyl (C=O) groups excluding carboxylic acids is 2. The van der Waals surface area contributed by atoms with Crippen molar-refractivity contribution in [2.75, 3.05) is 6.61 Å². The van der Waals surface area contributed by atoms with Crippen LogP contribution in [0.25, 0.3) is 0 Å². The lowest BCUT2D eigenvalue weighted by Gasteiger charge is -2.08. The van der Waals surface area contributed by atoms with Gasteiger partial charge >= 0.3 is 11.9 Å². The molecule has 0 heterocycles. The molecule has 0 saturated heterocycles. The summed E-state index contributed by atoms with van der Waals surface area (Å²) in [5.74, 6) is -0.646. The minimum Gasteiger partial charge on any atom is -0.461 e. The SMILES string of the molecule is CC(=O)OCC(C)=CC(C)OC(C)=O. The zero-order chi connectivity index (χ0) is 11.1. The van der Waals surface area contributed by atoms with Crippen LogP contribution < -0.4 is 0 Å². The van der Waals surface area contributed by atoms with Crippen molar-refractivity contribution < 1.29 is 19.1 Å². The van der Waals surface area contributed by atoms with Gasteiger partial charge in [0.05, 0.1) is 0 Å². The summed E-state index contributed by atoms with van der Waals surface area (Å²) in [7, 11) is 0. The monoisotopic (exact) mass is 200 g/mol. The van der Waals surface area contributed by atoms with Crippen LogP contribution in [0.15, 0.2) is 11.6 Å². The van der Waals surface area contributed by atoms with Crippen LogP contribution in [0.3, 0.4) is 0 Å². The highest BCUT2D eigenvalue weighted by molar-refractivity contribution is 5.66. The predicted molar refractivity (Wildman–Crippen MR) is 51.6 cm³/mol. The van der Waals surface area contributed by atoms with Crippen LogP contribution >= 0.6 is 0 Å². The second kappa shape index (κ2) is 6.18. The Morgan fingerprint density at radius 2 is 1.79 bits per heavy atom. The van der Waals surface area contributed by atoms with Gasteiger partial charge in [0, 0.05) is 13.8 Å². The molecule has 0 aliphatic carbocycles. The van der Waals surface area contributed by atoms with Gasteiger partial charge in [0.1, 0.15) is 12.7 Å². The van der Waals surface area contributed by atoms with E-state index < -0.39 is 0 Å². The number of esters is 2. The number of rotatable bonds is 4. The third-order valence-electron chi connectivity index (χ3n) is 1.37. The molecule has 80 valence electrons. The van der Waals surface area contributed by atoms with Crippen molar-refractivity contribution in [3.05, 3.63) is 11.6 Å². The highest BCUT2D eigenvalue weighted by Crippen LogP contribution is 2.01. The Hall–Kier alpha value is -1.32. The first-order chi connectivity index (χ1) is 6.41. The molecule has 4 nitrogen and oxygen atoms in total. The van der Waals surface area contributed by atoms with Crippen LogP contribution in [-0.2, 0) is 19.1 Å². The van der Waals surface area contributed by atoms with Crippen molar-refractivity contribution in [2.45, 2.75) is 33.8 Å². The molecule has 0 aromatic heterocycles. The predicted octanol–water partition coefficient (Wildman–Crippen LogP) is 1.45. The molecular weight excluding hydrogens is 184 g/mol. The standard InChI is InChI=1S/C10H16O4/c1-7(6-13-9(3)11)5-8(2)14-10(4)12/h5,8H,6H2,1-4H3. The first-order valence-corrected chi connectivity index (χ1v) is 4.39. The van der Waals surface area contributed by atoms with Crippen LogP contribution in [0.4, 0.5) is 0 Å². The highest BCUT2D eigenvalue weighted by atomic mass is 16.5. The molecule has 0 aromatic carbocycles. The Bertz CT molecular complexity index is 243. The Morgan fingerprint density at radius 3 is 2.21 bits per heavy atom. The normalized spacial score (nSPS) is 13.3. The Labute approximate surface area is 83.9 Å². The summed E-state index contributed by atoms with van der Waals surface area (Å²) in [4.78, 5) is 21.0. The maximum absolute atomic E-state index is 10.6. The van der Waals surface area contributed by atoms with Gasteiger partial charge in [-0.2, -0.15) is 0 Å². The molecule has 0 radical (unpaired) electrons. The van der Waals surface area contributed by atoms with Gasteiger partial charge in [0.25, 0.3) is 0 Å². The summed E-state index contributed by atoms with van der Waals surface area (Å²) in [6, 6.07) is 0. The fourth-order valence-electron chi connectivity index (χ4n) is 0.960. The van der Waals surface area contributed by atoms with Crippen molar-refractivity contribution in [1.29, 1.82) is 0 Å². The lowest BCUT2D eigenvalue weighted by Crippen LogP contribution is -2.11. The molecular formula is C10H16O4. The summed E-state index contributed by atoms with van der Waals surface area (Å²) >= 11 is 0. The number of ether oxygens (including phenoxy) is 2. The zero-order valence-electron chi connectivity index (χ0n) is 8.99. The third kappa shape index (κ3) is 7.34. The highest BCUT2D eigenvalue weighted by Gasteiger charge is 2.02. The van der Waals surface area contributed by atoms with E-state index in [-0.39, 0.29) is 24.6 Å². The van der Waals surface area contributed by atoms with E-state index in [1.165, 1.54) is 13.8 Å². The molecule has 1 atom stereocenters. The molecule has 0 saturated carbocycles. The number of hydrogen-bond acceptors (Lipinski definition) is 4. The van der Waals surface area contributed by atoms with Gasteiger partial charge in [-0.25, -0.2) is 0 Å². The fourth-order valence-corrected chi connectivity index (χ4v) is 0.960. The maximum Gasteiger partial charge on any atom is 0.303 e. The van der Waals surface area contributed by atoms with Crippen molar-refractivity contribution in [3.8, 4) is 0 Å². The Kier molecular flexibility index (Phi) is 5.60. The van der Waals surface area contributed by atoms with Crippen molar-refractivity contribution >= 4 is 11.9 Å². The number of hydrogen-bond donors (Lipinski definition) is 0. The molecule has 0 amide bonds. The molecule has 14 heavy (non-hydrogen) atoms. The molecule has 0 fully saturated rings. The quantitative estimate of drug-likeness (QED) is 0.509. The first kappa shape index (κ1) is 12.7. The second-order valence-electron chi connectivity index (χ2n) is 3.11. The van der Waals surface area contributed by atoms with Crippen molar-refractivity contribution in [2.24, 2.45) is 0 Å². The Balaban J connectivity index is 3.95. The minimum atomic E-state index is -0.325. The van der Waals surface area contributed by atoms with Crippen LogP contribution in [-0.4, -0.2) is 24.6 Å². The van der Waals surface area contributed by atoms with Gasteiger partial charge < -0.3 is 9.47 Å². The third-order valence-corrected chi connectivity index (χ3v) is 1.37. The van der Waals surface area contributed by atoms with E-state index >= 15 is 0 Å². The fraction of sp³-hybridized carbons (Fsp3) is 0.600. The summed E-state index contributed by atoms with van der Waals surface area (Å²) in [5, 5.41) is 0. The second-order valence-corrected chi connectivity index (χ2v) is 3.11. The van der Waals surface area contributed by atoms with Gasteiger partial charge in [-0.1, -0.05) is 0 Å².